The van der Waals surface area contributed by atoms with E-state index < -0.39 is 0 Å². The van der Waals surface area contributed by atoms with Crippen LogP contribution in [0.25, 0.3) is 0 Å². The van der Waals surface area contributed by atoms with Crippen LogP contribution in [0.3, 0.4) is 0 Å². The Bertz CT molecular complexity index is 235. The van der Waals surface area contributed by atoms with Crippen molar-refractivity contribution in [1.82, 2.24) is 0 Å². The van der Waals surface area contributed by atoms with E-state index in [1.165, 1.54) is 0 Å². The average molecular weight is 168 g/mol. The summed E-state index contributed by atoms with van der Waals surface area (Å²) in [5, 5.41) is 9.10. The predicted octanol–water partition coefficient (Wildman–Crippen LogP) is 2.68. The molecule has 1 rings (SSSR count). The summed E-state index contributed by atoms with van der Waals surface area (Å²) in [5.74, 6) is 0.285. The zero-order valence-electron chi connectivity index (χ0n) is 6.96. The molecule has 0 aromatic heterocycles. The molecule has 0 spiro atoms. The predicted molar refractivity (Wildman–Crippen MR) is 47.0 cm³/mol. The fourth-order valence-electron chi connectivity index (χ4n) is 1.14. The Labute approximate surface area is 71.9 Å². The largest absolute Gasteiger partial charge is 0.508 e. The van der Waals surface area contributed by atoms with E-state index in [0.29, 0.717) is 6.42 Å². The molecule has 0 aliphatic carbocycles. The maximum absolute atomic E-state index is 11.7. The third kappa shape index (κ3) is 2.91. The second-order valence-electron chi connectivity index (χ2n) is 2.82. The van der Waals surface area contributed by atoms with Gasteiger partial charge in [-0.2, -0.15) is 0 Å². The minimum Gasteiger partial charge on any atom is -0.508 e. The van der Waals surface area contributed by atoms with Gasteiger partial charge < -0.3 is 5.11 Å². The van der Waals surface area contributed by atoms with Crippen LogP contribution in [0.5, 0.6) is 5.75 Å². The fraction of sp³-hybridized carbons (Fsp3) is 0.400. The average Bonchev–Trinajstić information content (AvgIpc) is 2.05. The second kappa shape index (κ2) is 4.75. The van der Waals surface area contributed by atoms with Gasteiger partial charge in [-0.3, -0.25) is 4.39 Å². The normalized spacial score (nSPS) is 10.1. The maximum atomic E-state index is 11.7. The first-order valence-electron chi connectivity index (χ1n) is 4.17. The maximum Gasteiger partial charge on any atom is 0.115 e. The van der Waals surface area contributed by atoms with Crippen LogP contribution < -0.4 is 0 Å². The molecule has 1 aromatic rings. The van der Waals surface area contributed by atoms with E-state index in [1.807, 2.05) is 6.07 Å². The molecule has 0 unspecified atom stereocenters. The Morgan fingerprint density at radius 1 is 1.25 bits per heavy atom. The van der Waals surface area contributed by atoms with Gasteiger partial charge in [0.2, 0.25) is 0 Å². The van der Waals surface area contributed by atoms with E-state index in [9.17, 15) is 4.39 Å². The number of aryl methyl sites for hydroxylation is 1. The molecule has 1 N–H and O–H groups in total. The van der Waals surface area contributed by atoms with E-state index in [2.05, 4.69) is 0 Å². The lowest BCUT2D eigenvalue weighted by atomic mass is 10.1. The molecule has 0 saturated heterocycles. The summed E-state index contributed by atoms with van der Waals surface area (Å²) in [4.78, 5) is 0. The fourth-order valence-corrected chi connectivity index (χ4v) is 1.14. The molecule has 0 aliphatic rings. The number of phenolic OH excluding ortho intramolecular Hbond substituents is 1. The van der Waals surface area contributed by atoms with Crippen LogP contribution in [-0.2, 0) is 6.42 Å². The first-order valence-corrected chi connectivity index (χ1v) is 4.17. The monoisotopic (exact) mass is 168 g/mol. The SMILES string of the molecule is Oc1cccc(CCCCF)c1. The van der Waals surface area contributed by atoms with Crippen LogP contribution in [-0.4, -0.2) is 11.8 Å². The van der Waals surface area contributed by atoms with Crippen molar-refractivity contribution in [1.29, 1.82) is 0 Å². The van der Waals surface area contributed by atoms with Crippen LogP contribution in [0.4, 0.5) is 4.39 Å². The van der Waals surface area contributed by atoms with Gasteiger partial charge in [0.05, 0.1) is 6.67 Å². The molecule has 0 saturated carbocycles. The van der Waals surface area contributed by atoms with Gasteiger partial charge in [-0.25, -0.2) is 0 Å². The number of rotatable bonds is 4. The highest BCUT2D eigenvalue weighted by atomic mass is 19.1. The molecule has 0 radical (unpaired) electrons. The van der Waals surface area contributed by atoms with Gasteiger partial charge in [0.1, 0.15) is 5.75 Å². The molecular weight excluding hydrogens is 155 g/mol. The van der Waals surface area contributed by atoms with Gasteiger partial charge in [-0.15, -0.1) is 0 Å². The Morgan fingerprint density at radius 2 is 2.08 bits per heavy atom. The van der Waals surface area contributed by atoms with Crippen molar-refractivity contribution in [3.63, 3.8) is 0 Å². The quantitative estimate of drug-likeness (QED) is 0.685. The number of halogens is 1. The zero-order valence-corrected chi connectivity index (χ0v) is 6.96. The van der Waals surface area contributed by atoms with Crippen LogP contribution in [0.15, 0.2) is 24.3 Å². The lowest BCUT2D eigenvalue weighted by Crippen LogP contribution is -1.85. The lowest BCUT2D eigenvalue weighted by Gasteiger charge is -1.99. The zero-order chi connectivity index (χ0) is 8.81. The molecule has 0 bridgehead atoms. The second-order valence-corrected chi connectivity index (χ2v) is 2.82. The molecule has 1 aromatic carbocycles. The number of hydrogen-bond acceptors (Lipinski definition) is 1. The smallest absolute Gasteiger partial charge is 0.115 e. The molecule has 2 heteroatoms. The van der Waals surface area contributed by atoms with Gasteiger partial charge in [0.15, 0.2) is 0 Å². The summed E-state index contributed by atoms with van der Waals surface area (Å²) in [6.45, 7) is -0.251. The van der Waals surface area contributed by atoms with E-state index in [-0.39, 0.29) is 12.4 Å². The molecular formula is C10H13FO. The molecule has 66 valence electrons. The van der Waals surface area contributed by atoms with E-state index in [1.54, 1.807) is 18.2 Å². The van der Waals surface area contributed by atoms with Gasteiger partial charge in [0, 0.05) is 0 Å². The van der Waals surface area contributed by atoms with Crippen molar-refractivity contribution in [3.05, 3.63) is 29.8 Å². The highest BCUT2D eigenvalue weighted by Crippen LogP contribution is 2.12. The number of hydrogen-bond donors (Lipinski definition) is 1. The molecule has 0 heterocycles. The Hall–Kier alpha value is -1.05. The third-order valence-electron chi connectivity index (χ3n) is 1.76. The van der Waals surface area contributed by atoms with Crippen molar-refractivity contribution < 1.29 is 9.50 Å². The number of unbranched alkanes of at least 4 members (excludes halogenated alkanes) is 1. The first kappa shape index (κ1) is 9.04. The van der Waals surface area contributed by atoms with Crippen molar-refractivity contribution in [3.8, 4) is 5.75 Å². The van der Waals surface area contributed by atoms with Crippen LogP contribution in [0.1, 0.15) is 18.4 Å². The van der Waals surface area contributed by atoms with Crippen LogP contribution in [0, 0.1) is 0 Å². The molecule has 0 aliphatic heterocycles. The number of alkyl halides is 1. The van der Waals surface area contributed by atoms with Gasteiger partial charge >= 0.3 is 0 Å². The highest BCUT2D eigenvalue weighted by Gasteiger charge is 1.94. The minimum absolute atomic E-state index is 0.251. The molecule has 0 fully saturated rings. The summed E-state index contributed by atoms with van der Waals surface area (Å²) in [6.07, 6.45) is 2.30. The van der Waals surface area contributed by atoms with Crippen LogP contribution in [0.2, 0.25) is 0 Å². The Balaban J connectivity index is 2.41. The topological polar surface area (TPSA) is 20.2 Å². The van der Waals surface area contributed by atoms with E-state index >= 15 is 0 Å². The lowest BCUT2D eigenvalue weighted by molar-refractivity contribution is 0.461. The minimum atomic E-state index is -0.251. The first-order chi connectivity index (χ1) is 5.83. The Morgan fingerprint density at radius 3 is 2.75 bits per heavy atom. The molecule has 0 amide bonds. The number of phenols is 1. The third-order valence-corrected chi connectivity index (χ3v) is 1.76. The van der Waals surface area contributed by atoms with Crippen molar-refractivity contribution in [2.45, 2.75) is 19.3 Å². The summed E-state index contributed by atoms with van der Waals surface area (Å²) >= 11 is 0. The van der Waals surface area contributed by atoms with Gasteiger partial charge in [-0.1, -0.05) is 12.1 Å². The Kier molecular flexibility index (Phi) is 3.58. The van der Waals surface area contributed by atoms with Gasteiger partial charge in [-0.05, 0) is 37.0 Å². The summed E-state index contributed by atoms with van der Waals surface area (Å²) in [7, 11) is 0. The molecule has 1 nitrogen and oxygen atoms in total. The molecule has 0 atom stereocenters. The highest BCUT2D eigenvalue weighted by molar-refractivity contribution is 5.27. The van der Waals surface area contributed by atoms with Crippen molar-refractivity contribution in [2.24, 2.45) is 0 Å². The summed E-state index contributed by atoms with van der Waals surface area (Å²) in [6, 6.07) is 7.11. The van der Waals surface area contributed by atoms with Crippen molar-refractivity contribution >= 4 is 0 Å². The van der Waals surface area contributed by atoms with E-state index in [4.69, 9.17) is 5.11 Å². The number of aromatic hydroxyl groups is 1. The van der Waals surface area contributed by atoms with Crippen LogP contribution >= 0.6 is 0 Å². The van der Waals surface area contributed by atoms with Crippen molar-refractivity contribution in [2.75, 3.05) is 6.67 Å². The summed E-state index contributed by atoms with van der Waals surface area (Å²) < 4.78 is 11.7. The number of benzene rings is 1. The molecule has 12 heavy (non-hydrogen) atoms. The van der Waals surface area contributed by atoms with E-state index in [0.717, 1.165) is 18.4 Å². The standard InChI is InChI=1S/C10H13FO/c11-7-2-1-4-9-5-3-6-10(12)8-9/h3,5-6,8,12H,1-2,4,7H2. The van der Waals surface area contributed by atoms with Gasteiger partial charge in [0.25, 0.3) is 0 Å². The summed E-state index contributed by atoms with van der Waals surface area (Å²) in [5.41, 5.74) is 1.07.